The zero-order chi connectivity index (χ0) is 21.8. The third-order valence-electron chi connectivity index (χ3n) is 4.73. The van der Waals surface area contributed by atoms with Gasteiger partial charge in [-0.2, -0.15) is 0 Å². The van der Waals surface area contributed by atoms with Crippen molar-refractivity contribution in [1.29, 1.82) is 0 Å². The van der Waals surface area contributed by atoms with E-state index < -0.39 is 0 Å². The third-order valence-corrected chi connectivity index (χ3v) is 6.89. The topological polar surface area (TPSA) is 50.7 Å². The van der Waals surface area contributed by atoms with E-state index in [1.807, 2.05) is 86.7 Å². The minimum absolute atomic E-state index is 0.140. The maximum Gasteiger partial charge on any atom is 0.264 e. The molecule has 1 aliphatic rings. The second kappa shape index (κ2) is 9.54. The van der Waals surface area contributed by atoms with Crippen LogP contribution in [-0.4, -0.2) is 11.1 Å². The highest BCUT2D eigenvalue weighted by Crippen LogP contribution is 2.31. The van der Waals surface area contributed by atoms with Gasteiger partial charge in [0.1, 0.15) is 12.4 Å². The number of aliphatic imine (C=N–C) groups is 1. The molecule has 1 heterocycles. The van der Waals surface area contributed by atoms with Crippen molar-refractivity contribution in [3.05, 3.63) is 98.4 Å². The molecule has 0 bridgehead atoms. The van der Waals surface area contributed by atoms with Gasteiger partial charge < -0.3 is 10.1 Å². The van der Waals surface area contributed by atoms with Crippen LogP contribution in [0.3, 0.4) is 0 Å². The van der Waals surface area contributed by atoms with Crippen LogP contribution in [0.4, 0.5) is 5.69 Å². The smallest absolute Gasteiger partial charge is 0.264 e. The highest BCUT2D eigenvalue weighted by molar-refractivity contribution is 9.10. The van der Waals surface area contributed by atoms with Crippen molar-refractivity contribution in [3.8, 4) is 5.75 Å². The summed E-state index contributed by atoms with van der Waals surface area (Å²) in [7, 11) is 0. The number of nitrogens with zero attached hydrogens (tertiary/aromatic N) is 1. The van der Waals surface area contributed by atoms with E-state index in [1.54, 1.807) is 0 Å². The summed E-state index contributed by atoms with van der Waals surface area (Å²) in [5, 5.41) is 3.43. The highest BCUT2D eigenvalue weighted by Gasteiger charge is 2.23. The van der Waals surface area contributed by atoms with Crippen molar-refractivity contribution < 1.29 is 9.53 Å². The molecule has 1 saturated heterocycles. The fourth-order valence-electron chi connectivity index (χ4n) is 3.14. The number of amides is 1. The molecule has 1 amide bonds. The Morgan fingerprint density at radius 3 is 2.39 bits per heavy atom. The lowest BCUT2D eigenvalue weighted by Crippen LogP contribution is -2.19. The van der Waals surface area contributed by atoms with E-state index >= 15 is 0 Å². The Labute approximate surface area is 194 Å². The normalized spacial score (nSPS) is 16.0. The minimum atomic E-state index is -0.140. The Balaban J connectivity index is 1.43. The molecule has 0 unspecified atom stereocenters. The van der Waals surface area contributed by atoms with E-state index in [0.29, 0.717) is 16.7 Å². The van der Waals surface area contributed by atoms with Gasteiger partial charge in [-0.3, -0.25) is 4.79 Å². The van der Waals surface area contributed by atoms with Gasteiger partial charge in [-0.15, -0.1) is 0 Å². The molecule has 3 aromatic rings. The Hall–Kier alpha value is -2.83. The molecule has 1 aliphatic heterocycles. The van der Waals surface area contributed by atoms with Gasteiger partial charge in [0.05, 0.1) is 10.6 Å². The summed E-state index contributed by atoms with van der Waals surface area (Å²) in [6.07, 6.45) is 1.86. The molecule has 3 aromatic carbocycles. The highest BCUT2D eigenvalue weighted by atomic mass is 79.9. The molecule has 4 rings (SSSR count). The van der Waals surface area contributed by atoms with Crippen LogP contribution in [0.1, 0.15) is 22.3 Å². The third kappa shape index (κ3) is 5.46. The van der Waals surface area contributed by atoms with Crippen LogP contribution >= 0.6 is 27.7 Å². The Kier molecular flexibility index (Phi) is 6.59. The van der Waals surface area contributed by atoms with E-state index in [4.69, 9.17) is 4.74 Å². The zero-order valence-corrected chi connectivity index (χ0v) is 19.6. The van der Waals surface area contributed by atoms with Gasteiger partial charge in [0.25, 0.3) is 5.91 Å². The molecule has 156 valence electrons. The maximum atomic E-state index is 12.4. The number of nitrogens with one attached hydrogen (secondary N) is 1. The van der Waals surface area contributed by atoms with Gasteiger partial charge in [-0.1, -0.05) is 58.4 Å². The van der Waals surface area contributed by atoms with Crippen molar-refractivity contribution in [1.82, 2.24) is 5.32 Å². The number of hydrogen-bond acceptors (Lipinski definition) is 4. The molecule has 1 fully saturated rings. The van der Waals surface area contributed by atoms with Gasteiger partial charge in [-0.05, 0) is 78.2 Å². The Morgan fingerprint density at radius 1 is 1.03 bits per heavy atom. The van der Waals surface area contributed by atoms with Crippen molar-refractivity contribution in [2.24, 2.45) is 4.99 Å². The largest absolute Gasteiger partial charge is 0.489 e. The predicted molar refractivity (Wildman–Crippen MR) is 132 cm³/mol. The molecular formula is C25H21BrN2O2S. The van der Waals surface area contributed by atoms with Crippen LogP contribution < -0.4 is 10.1 Å². The lowest BCUT2D eigenvalue weighted by molar-refractivity contribution is -0.115. The molecule has 31 heavy (non-hydrogen) atoms. The van der Waals surface area contributed by atoms with Crippen molar-refractivity contribution in [3.63, 3.8) is 0 Å². The van der Waals surface area contributed by atoms with E-state index in [9.17, 15) is 4.79 Å². The first-order valence-electron chi connectivity index (χ1n) is 9.81. The van der Waals surface area contributed by atoms with E-state index in [2.05, 4.69) is 26.2 Å². The molecule has 1 N–H and O–H groups in total. The summed E-state index contributed by atoms with van der Waals surface area (Å²) >= 11 is 4.91. The first-order chi connectivity index (χ1) is 15.0. The fourth-order valence-corrected chi connectivity index (χ4v) is 4.21. The fraction of sp³-hybridized carbons (Fsp3) is 0.120. The quantitative estimate of drug-likeness (QED) is 0.411. The number of halogens is 1. The molecule has 0 aromatic heterocycles. The average Bonchev–Trinajstić information content (AvgIpc) is 3.10. The predicted octanol–water partition coefficient (Wildman–Crippen LogP) is 6.54. The van der Waals surface area contributed by atoms with Crippen LogP contribution in [0.25, 0.3) is 6.08 Å². The first-order valence-corrected chi connectivity index (χ1v) is 11.4. The summed E-state index contributed by atoms with van der Waals surface area (Å²) in [5.74, 6) is 0.650. The summed E-state index contributed by atoms with van der Waals surface area (Å²) in [6, 6.07) is 21.7. The van der Waals surface area contributed by atoms with Crippen LogP contribution in [0, 0.1) is 13.8 Å². The van der Waals surface area contributed by atoms with Gasteiger partial charge in [0, 0.05) is 4.47 Å². The monoisotopic (exact) mass is 492 g/mol. The maximum absolute atomic E-state index is 12.4. The number of carbonyl (C=O) groups excluding carboxylic acids is 1. The van der Waals surface area contributed by atoms with Gasteiger partial charge in [0.2, 0.25) is 0 Å². The molecule has 0 atom stereocenters. The number of thioether (sulfide) groups is 1. The molecule has 6 heteroatoms. The second-order valence-corrected chi connectivity index (χ2v) is 9.04. The van der Waals surface area contributed by atoms with Crippen molar-refractivity contribution in [2.45, 2.75) is 20.5 Å². The molecular weight excluding hydrogens is 472 g/mol. The first kappa shape index (κ1) is 21.4. The van der Waals surface area contributed by atoms with E-state index in [1.165, 1.54) is 11.8 Å². The standard InChI is InChI=1S/C25H21BrN2O2S/c1-16-12-20(13-17(2)23(16)26)27-25-28-24(29)22(31-25)14-18-8-10-21(11-9-18)30-15-19-6-4-3-5-7-19/h3-14H,15H2,1-2H3,(H,27,28,29)/b22-14-. The van der Waals surface area contributed by atoms with E-state index in [-0.39, 0.29) is 5.91 Å². The second-order valence-electron chi connectivity index (χ2n) is 7.22. The molecule has 0 radical (unpaired) electrons. The zero-order valence-electron chi connectivity index (χ0n) is 17.2. The molecule has 0 aliphatic carbocycles. The Bertz CT molecular complexity index is 1150. The van der Waals surface area contributed by atoms with Crippen LogP contribution in [0.15, 0.2) is 81.1 Å². The average molecular weight is 493 g/mol. The molecule has 4 nitrogen and oxygen atoms in total. The van der Waals surface area contributed by atoms with Crippen LogP contribution in [0.2, 0.25) is 0 Å². The number of rotatable bonds is 5. The van der Waals surface area contributed by atoms with Gasteiger partial charge in [0.15, 0.2) is 5.17 Å². The lowest BCUT2D eigenvalue weighted by atomic mass is 10.1. The molecule has 0 saturated carbocycles. The van der Waals surface area contributed by atoms with Gasteiger partial charge >= 0.3 is 0 Å². The number of aryl methyl sites for hydroxylation is 2. The number of benzene rings is 3. The summed E-state index contributed by atoms with van der Waals surface area (Å²) < 4.78 is 6.90. The van der Waals surface area contributed by atoms with Gasteiger partial charge in [-0.25, -0.2) is 4.99 Å². The summed E-state index contributed by atoms with van der Waals surface area (Å²) in [6.45, 7) is 4.58. The Morgan fingerprint density at radius 2 is 1.71 bits per heavy atom. The SMILES string of the molecule is Cc1cc(N=C2NC(=O)/C(=C/c3ccc(OCc4ccccc4)cc3)S2)cc(C)c1Br. The lowest BCUT2D eigenvalue weighted by Gasteiger charge is -2.06. The number of amidine groups is 1. The number of hydrogen-bond donors (Lipinski definition) is 1. The minimum Gasteiger partial charge on any atom is -0.489 e. The van der Waals surface area contributed by atoms with Crippen molar-refractivity contribution in [2.75, 3.05) is 0 Å². The summed E-state index contributed by atoms with van der Waals surface area (Å²) in [4.78, 5) is 17.6. The van der Waals surface area contributed by atoms with Crippen LogP contribution in [-0.2, 0) is 11.4 Å². The van der Waals surface area contributed by atoms with E-state index in [0.717, 1.165) is 38.2 Å². The molecule has 0 spiro atoms. The van der Waals surface area contributed by atoms with Crippen LogP contribution in [0.5, 0.6) is 5.75 Å². The number of ether oxygens (including phenoxy) is 1. The summed E-state index contributed by atoms with van der Waals surface area (Å²) in [5.41, 5.74) is 5.09. The van der Waals surface area contributed by atoms with Crippen molar-refractivity contribution >= 4 is 50.5 Å². The number of carbonyl (C=O) groups is 1.